The van der Waals surface area contributed by atoms with E-state index in [0.717, 1.165) is 0 Å². The molecule has 0 bridgehead atoms. The number of hydrazine groups is 1. The Bertz CT molecular complexity index is 986. The second-order valence-corrected chi connectivity index (χ2v) is 7.80. The highest BCUT2D eigenvalue weighted by Gasteiger charge is 2.20. The van der Waals surface area contributed by atoms with Gasteiger partial charge in [-0.1, -0.05) is 24.3 Å². The Morgan fingerprint density at radius 1 is 0.840 bits per heavy atom. The van der Waals surface area contributed by atoms with Gasteiger partial charge in [-0.25, -0.2) is 27.1 Å². The molecule has 0 aromatic heterocycles. The fraction of sp³-hybridized carbons (Fsp3) is 0. The molecule has 0 saturated carbocycles. The van der Waals surface area contributed by atoms with Crippen LogP contribution < -0.4 is 27.7 Å². The predicted molar refractivity (Wildman–Crippen MR) is 94.0 cm³/mol. The van der Waals surface area contributed by atoms with Gasteiger partial charge in [-0.15, -0.1) is 0 Å². The SMILES string of the molecule is N=C(N)c1c(-c2ccc(S(N)(=O)=O)cc2)cccc1S(N)(=O)=O.NN. The molecule has 0 aliphatic rings. The van der Waals surface area contributed by atoms with Crippen molar-refractivity contribution in [2.24, 2.45) is 27.7 Å². The summed E-state index contributed by atoms with van der Waals surface area (Å²) in [6.07, 6.45) is 0. The lowest BCUT2D eigenvalue weighted by molar-refractivity contribution is 0.596. The number of hydrogen-bond acceptors (Lipinski definition) is 7. The molecule has 11 N–H and O–H groups in total. The Morgan fingerprint density at radius 3 is 1.76 bits per heavy atom. The van der Waals surface area contributed by atoms with Gasteiger partial charge in [-0.3, -0.25) is 17.1 Å². The molecule has 136 valence electrons. The van der Waals surface area contributed by atoms with Crippen molar-refractivity contribution in [1.29, 1.82) is 5.41 Å². The molecular formula is C13H18N6O4S2. The standard InChI is InChI=1S/C13H14N4O4S2.H4N2/c14-13(15)12-10(2-1-3-11(12)23(17,20)21)8-4-6-9(7-5-8)22(16,18)19;1-2/h1-7H,(H3,14,15)(H2,16,18,19)(H2,17,20,21);1-2H2. The van der Waals surface area contributed by atoms with Crippen molar-refractivity contribution in [3.8, 4) is 11.1 Å². The van der Waals surface area contributed by atoms with Crippen molar-refractivity contribution in [3.63, 3.8) is 0 Å². The molecule has 2 aromatic carbocycles. The highest BCUT2D eigenvalue weighted by Crippen LogP contribution is 2.28. The Kier molecular flexibility index (Phi) is 6.37. The molecular weight excluding hydrogens is 368 g/mol. The summed E-state index contributed by atoms with van der Waals surface area (Å²) in [5.74, 6) is 7.53. The summed E-state index contributed by atoms with van der Waals surface area (Å²) in [4.78, 5) is -0.369. The van der Waals surface area contributed by atoms with Crippen LogP contribution in [0, 0.1) is 5.41 Å². The number of sulfonamides is 2. The number of hydrogen-bond donors (Lipinski definition) is 6. The maximum atomic E-state index is 11.7. The summed E-state index contributed by atoms with van der Waals surface area (Å²) in [6.45, 7) is 0. The van der Waals surface area contributed by atoms with Crippen LogP contribution in [-0.4, -0.2) is 22.7 Å². The quantitative estimate of drug-likeness (QED) is 0.162. The Hall–Kier alpha value is -2.35. The van der Waals surface area contributed by atoms with Gasteiger partial charge < -0.3 is 5.73 Å². The molecule has 12 heteroatoms. The highest BCUT2D eigenvalue weighted by molar-refractivity contribution is 7.89. The Balaban J connectivity index is 0.00000151. The van der Waals surface area contributed by atoms with Crippen molar-refractivity contribution in [1.82, 2.24) is 0 Å². The molecule has 0 saturated heterocycles. The maximum Gasteiger partial charge on any atom is 0.238 e. The van der Waals surface area contributed by atoms with Crippen LogP contribution in [0.3, 0.4) is 0 Å². The van der Waals surface area contributed by atoms with Gasteiger partial charge in [0.15, 0.2) is 0 Å². The minimum absolute atomic E-state index is 0.0432. The number of nitrogens with two attached hydrogens (primary N) is 5. The van der Waals surface area contributed by atoms with E-state index in [1.165, 1.54) is 36.4 Å². The number of rotatable bonds is 4. The molecule has 0 aliphatic carbocycles. The number of primary sulfonamides is 2. The van der Waals surface area contributed by atoms with Crippen LogP contribution >= 0.6 is 0 Å². The molecule has 0 spiro atoms. The number of benzene rings is 2. The van der Waals surface area contributed by atoms with Crippen molar-refractivity contribution >= 4 is 25.9 Å². The van der Waals surface area contributed by atoms with Gasteiger partial charge in [0.05, 0.1) is 9.79 Å². The maximum absolute atomic E-state index is 11.7. The molecule has 0 aliphatic heterocycles. The lowest BCUT2D eigenvalue weighted by Gasteiger charge is -2.13. The first-order valence-electron chi connectivity index (χ1n) is 6.48. The van der Waals surface area contributed by atoms with Crippen LogP contribution in [0.25, 0.3) is 11.1 Å². The zero-order valence-electron chi connectivity index (χ0n) is 12.9. The zero-order valence-corrected chi connectivity index (χ0v) is 14.5. The normalized spacial score (nSPS) is 11.4. The third-order valence-electron chi connectivity index (χ3n) is 3.10. The molecule has 2 rings (SSSR count). The van der Waals surface area contributed by atoms with Crippen molar-refractivity contribution in [3.05, 3.63) is 48.0 Å². The van der Waals surface area contributed by atoms with E-state index in [9.17, 15) is 16.8 Å². The number of nitrogen functional groups attached to an aromatic ring is 1. The Labute approximate surface area is 145 Å². The van der Waals surface area contributed by atoms with E-state index < -0.39 is 25.9 Å². The van der Waals surface area contributed by atoms with Crippen LogP contribution in [-0.2, 0) is 20.0 Å². The molecule has 25 heavy (non-hydrogen) atoms. The molecule has 0 amide bonds. The van der Waals surface area contributed by atoms with Gasteiger partial charge in [-0.2, -0.15) is 0 Å². The van der Waals surface area contributed by atoms with E-state index >= 15 is 0 Å². The first-order valence-corrected chi connectivity index (χ1v) is 9.58. The first kappa shape index (κ1) is 20.7. The largest absolute Gasteiger partial charge is 0.384 e. The molecule has 0 unspecified atom stereocenters. The fourth-order valence-electron chi connectivity index (χ4n) is 2.11. The third-order valence-corrected chi connectivity index (χ3v) is 4.98. The minimum atomic E-state index is -4.08. The van der Waals surface area contributed by atoms with Crippen LogP contribution in [0.2, 0.25) is 0 Å². The van der Waals surface area contributed by atoms with Gasteiger partial charge in [0.2, 0.25) is 20.0 Å². The van der Waals surface area contributed by atoms with Crippen LogP contribution in [0.4, 0.5) is 0 Å². The van der Waals surface area contributed by atoms with E-state index in [1.54, 1.807) is 6.07 Å². The van der Waals surface area contributed by atoms with Crippen molar-refractivity contribution < 1.29 is 16.8 Å². The predicted octanol–water partition coefficient (Wildman–Crippen LogP) is -1.25. The molecule has 0 fully saturated rings. The highest BCUT2D eigenvalue weighted by atomic mass is 32.2. The Morgan fingerprint density at radius 2 is 1.36 bits per heavy atom. The summed E-state index contributed by atoms with van der Waals surface area (Å²) in [6, 6.07) is 9.68. The third kappa shape index (κ3) is 4.82. The van der Waals surface area contributed by atoms with Gasteiger partial charge in [0, 0.05) is 5.56 Å². The smallest absolute Gasteiger partial charge is 0.238 e. The van der Waals surface area contributed by atoms with E-state index in [1.807, 2.05) is 0 Å². The van der Waals surface area contributed by atoms with Gasteiger partial charge in [0.1, 0.15) is 5.84 Å². The first-order chi connectivity index (χ1) is 11.5. The lowest BCUT2D eigenvalue weighted by Crippen LogP contribution is -2.21. The monoisotopic (exact) mass is 386 g/mol. The molecule has 0 atom stereocenters. The average Bonchev–Trinajstić information content (AvgIpc) is 2.54. The van der Waals surface area contributed by atoms with E-state index in [0.29, 0.717) is 11.1 Å². The van der Waals surface area contributed by atoms with Crippen molar-refractivity contribution in [2.75, 3.05) is 0 Å². The topological polar surface area (TPSA) is 222 Å². The second-order valence-electron chi connectivity index (χ2n) is 4.71. The second kappa shape index (κ2) is 7.69. The summed E-state index contributed by atoms with van der Waals surface area (Å²) >= 11 is 0. The molecule has 0 heterocycles. The zero-order chi connectivity index (χ0) is 19.4. The molecule has 0 radical (unpaired) electrons. The van der Waals surface area contributed by atoms with Crippen LogP contribution in [0.1, 0.15) is 5.56 Å². The van der Waals surface area contributed by atoms with Crippen molar-refractivity contribution in [2.45, 2.75) is 9.79 Å². The average molecular weight is 386 g/mol. The summed E-state index contributed by atoms with van der Waals surface area (Å²) in [5.41, 5.74) is 6.26. The van der Waals surface area contributed by atoms with E-state index in [4.69, 9.17) is 21.4 Å². The van der Waals surface area contributed by atoms with Crippen LogP contribution in [0.5, 0.6) is 0 Å². The van der Waals surface area contributed by atoms with Crippen LogP contribution in [0.15, 0.2) is 52.3 Å². The van der Waals surface area contributed by atoms with Gasteiger partial charge >= 0.3 is 0 Å². The number of nitrogens with one attached hydrogen (secondary N) is 1. The molecule has 10 nitrogen and oxygen atoms in total. The minimum Gasteiger partial charge on any atom is -0.384 e. The number of amidine groups is 1. The fourth-order valence-corrected chi connectivity index (χ4v) is 3.40. The van der Waals surface area contributed by atoms with Gasteiger partial charge in [-0.05, 0) is 29.3 Å². The molecule has 2 aromatic rings. The van der Waals surface area contributed by atoms with Gasteiger partial charge in [0.25, 0.3) is 0 Å². The summed E-state index contributed by atoms with van der Waals surface area (Å²) in [7, 11) is -7.92. The summed E-state index contributed by atoms with van der Waals surface area (Å²) in [5, 5.41) is 17.8. The summed E-state index contributed by atoms with van der Waals surface area (Å²) < 4.78 is 45.9. The lowest BCUT2D eigenvalue weighted by atomic mass is 9.99. The van der Waals surface area contributed by atoms with E-state index in [-0.39, 0.29) is 15.4 Å². The van der Waals surface area contributed by atoms with E-state index in [2.05, 4.69) is 11.7 Å².